The van der Waals surface area contributed by atoms with Crippen molar-refractivity contribution in [3.8, 4) is 66.8 Å². The summed E-state index contributed by atoms with van der Waals surface area (Å²) in [4.78, 5) is 0. The highest BCUT2D eigenvalue weighted by atomic mass is 14.5. The molecule has 0 N–H and O–H groups in total. The van der Waals surface area contributed by atoms with Gasteiger partial charge in [0.15, 0.2) is 0 Å². The molecule has 0 fully saturated rings. The van der Waals surface area contributed by atoms with Crippen molar-refractivity contribution in [1.29, 1.82) is 0 Å². The highest BCUT2D eigenvalue weighted by Gasteiger charge is 2.43. The van der Waals surface area contributed by atoms with Crippen molar-refractivity contribution in [2.24, 2.45) is 0 Å². The third-order valence-corrected chi connectivity index (χ3v) is 15.4. The van der Waals surface area contributed by atoms with E-state index in [1.807, 2.05) is 0 Å². The van der Waals surface area contributed by atoms with E-state index in [0.717, 1.165) is 38.5 Å². The molecule has 0 saturated heterocycles. The summed E-state index contributed by atoms with van der Waals surface area (Å²) in [6.07, 6.45) is 6.53. The van der Waals surface area contributed by atoms with Gasteiger partial charge in [0.05, 0.1) is 0 Å². The van der Waals surface area contributed by atoms with Gasteiger partial charge in [-0.15, -0.1) is 0 Å². The smallest absolute Gasteiger partial charge is 0.0210 e. The number of hydrogen-bond donors (Lipinski definition) is 0. The van der Waals surface area contributed by atoms with Gasteiger partial charge in [-0.2, -0.15) is 0 Å². The minimum atomic E-state index is 0.0274. The number of fused-ring (bicyclic) bond motifs is 9. The van der Waals surface area contributed by atoms with E-state index in [0.29, 0.717) is 0 Å². The Labute approximate surface area is 340 Å². The Morgan fingerprint density at radius 1 is 0.246 bits per heavy atom. The topological polar surface area (TPSA) is 0 Å². The lowest BCUT2D eigenvalue weighted by atomic mass is 9.73. The Balaban J connectivity index is 1.18. The van der Waals surface area contributed by atoms with Crippen LogP contribution in [0.4, 0.5) is 0 Å². The minimum absolute atomic E-state index is 0.0274. The van der Waals surface area contributed by atoms with Crippen molar-refractivity contribution in [1.82, 2.24) is 0 Å². The van der Waals surface area contributed by atoms with E-state index in [-0.39, 0.29) is 16.2 Å². The summed E-state index contributed by atoms with van der Waals surface area (Å²) in [5, 5.41) is 0. The summed E-state index contributed by atoms with van der Waals surface area (Å²) < 4.78 is 0. The average Bonchev–Trinajstić information content (AvgIpc) is 3.85. The number of benzene rings is 7. The zero-order valence-electron chi connectivity index (χ0n) is 34.6. The van der Waals surface area contributed by atoms with Crippen LogP contribution < -0.4 is 0 Å². The normalized spacial score (nSPS) is 15.7. The molecule has 0 bridgehead atoms. The summed E-state index contributed by atoms with van der Waals surface area (Å²) in [6.45, 7) is 14.2. The fourth-order valence-electron chi connectivity index (χ4n) is 12.1. The third-order valence-electron chi connectivity index (χ3n) is 15.4. The van der Waals surface area contributed by atoms with Crippen molar-refractivity contribution in [3.63, 3.8) is 0 Å². The van der Waals surface area contributed by atoms with Crippen LogP contribution in [-0.2, 0) is 16.2 Å². The molecule has 7 aromatic carbocycles. The summed E-state index contributed by atoms with van der Waals surface area (Å²) in [5.74, 6) is 0. The van der Waals surface area contributed by atoms with Gasteiger partial charge < -0.3 is 0 Å². The molecule has 57 heavy (non-hydrogen) atoms. The fourth-order valence-corrected chi connectivity index (χ4v) is 12.1. The molecule has 0 heterocycles. The molecule has 0 atom stereocenters. The Morgan fingerprint density at radius 3 is 0.754 bits per heavy atom. The Kier molecular flexibility index (Phi) is 8.39. The first kappa shape index (κ1) is 35.9. The summed E-state index contributed by atoms with van der Waals surface area (Å²) in [5.41, 5.74) is 25.1. The van der Waals surface area contributed by atoms with Crippen LogP contribution in [0.15, 0.2) is 146 Å². The van der Waals surface area contributed by atoms with E-state index in [1.54, 1.807) is 0 Å². The van der Waals surface area contributed by atoms with Gasteiger partial charge in [0.25, 0.3) is 0 Å². The first-order valence-electron chi connectivity index (χ1n) is 21.8. The van der Waals surface area contributed by atoms with Crippen LogP contribution in [0.5, 0.6) is 0 Å². The van der Waals surface area contributed by atoms with Crippen LogP contribution in [0, 0.1) is 0 Å². The molecular weight excluding hydrogens is 685 g/mol. The molecule has 3 aliphatic rings. The predicted octanol–water partition coefficient (Wildman–Crippen LogP) is 15.9. The molecule has 10 rings (SSSR count). The van der Waals surface area contributed by atoms with Gasteiger partial charge in [-0.1, -0.05) is 151 Å². The van der Waals surface area contributed by atoms with Crippen LogP contribution >= 0.6 is 0 Å². The maximum absolute atomic E-state index is 2.54. The second kappa shape index (κ2) is 13.3. The van der Waals surface area contributed by atoms with Crippen molar-refractivity contribution in [3.05, 3.63) is 179 Å². The highest BCUT2D eigenvalue weighted by Crippen LogP contribution is 2.56. The zero-order chi connectivity index (χ0) is 39.1. The van der Waals surface area contributed by atoms with Gasteiger partial charge in [0, 0.05) is 16.2 Å². The van der Waals surface area contributed by atoms with Crippen molar-refractivity contribution < 1.29 is 0 Å². The molecule has 3 aliphatic carbocycles. The molecule has 0 spiro atoms. The molecule has 0 aromatic heterocycles. The van der Waals surface area contributed by atoms with Gasteiger partial charge in [0.2, 0.25) is 0 Å². The Bertz CT molecular complexity index is 2400. The first-order chi connectivity index (χ1) is 27.9. The quantitative estimate of drug-likeness (QED) is 0.138. The summed E-state index contributed by atoms with van der Waals surface area (Å²) in [6, 6.07) is 56.8. The molecule has 7 aromatic rings. The third kappa shape index (κ3) is 4.86. The van der Waals surface area contributed by atoms with E-state index in [4.69, 9.17) is 0 Å². The Hall–Kier alpha value is -5.46. The van der Waals surface area contributed by atoms with Crippen LogP contribution in [0.1, 0.15) is 113 Å². The van der Waals surface area contributed by atoms with Gasteiger partial charge in [-0.05, 0) is 175 Å². The lowest BCUT2D eigenvalue weighted by Gasteiger charge is -2.30. The van der Waals surface area contributed by atoms with E-state index in [2.05, 4.69) is 187 Å². The Morgan fingerprint density at radius 2 is 0.491 bits per heavy atom. The molecule has 0 radical (unpaired) electrons. The van der Waals surface area contributed by atoms with Crippen molar-refractivity contribution >= 4 is 0 Å². The van der Waals surface area contributed by atoms with Crippen LogP contribution in [0.3, 0.4) is 0 Å². The fraction of sp³-hybridized carbons (Fsp3) is 0.263. The van der Waals surface area contributed by atoms with Gasteiger partial charge in [-0.25, -0.2) is 0 Å². The molecular formula is C57H54. The van der Waals surface area contributed by atoms with Gasteiger partial charge in [-0.3, -0.25) is 0 Å². The predicted molar refractivity (Wildman–Crippen MR) is 243 cm³/mol. The first-order valence-corrected chi connectivity index (χ1v) is 21.8. The minimum Gasteiger partial charge on any atom is -0.0642 e. The maximum atomic E-state index is 2.54. The largest absolute Gasteiger partial charge is 0.0642 e. The average molecular weight is 739 g/mol. The van der Waals surface area contributed by atoms with E-state index in [1.165, 1.54) is 100 Å². The molecule has 0 unspecified atom stereocenters. The molecule has 0 heteroatoms. The van der Waals surface area contributed by atoms with Crippen LogP contribution in [0.2, 0.25) is 0 Å². The lowest BCUT2D eigenvalue weighted by Crippen LogP contribution is -2.23. The molecule has 0 nitrogen and oxygen atoms in total. The number of hydrogen-bond acceptors (Lipinski definition) is 0. The molecule has 282 valence electrons. The van der Waals surface area contributed by atoms with Crippen molar-refractivity contribution in [2.45, 2.75) is 96.3 Å². The monoisotopic (exact) mass is 738 g/mol. The van der Waals surface area contributed by atoms with Gasteiger partial charge >= 0.3 is 0 Å². The SMILES string of the molecule is CCC1(CC)c2ccccc2-c2ccc(-c3cc(-c4ccc5c(c4)C(CC)(CC)c4ccccc4-5)cc(-c4ccc5c(c4)C(CC)(CC)c4ccccc4-5)c3)cc21. The van der Waals surface area contributed by atoms with Crippen LogP contribution in [0.25, 0.3) is 66.8 Å². The summed E-state index contributed by atoms with van der Waals surface area (Å²) >= 11 is 0. The van der Waals surface area contributed by atoms with Crippen LogP contribution in [-0.4, -0.2) is 0 Å². The second-order valence-electron chi connectivity index (χ2n) is 17.1. The molecule has 0 amide bonds. The highest BCUT2D eigenvalue weighted by molar-refractivity contribution is 5.90. The van der Waals surface area contributed by atoms with Crippen molar-refractivity contribution in [2.75, 3.05) is 0 Å². The standard InChI is InChI=1S/C57H54/c1-7-55(8-2)49-22-16-13-19-43(49)46-28-25-37(34-52(46)55)40-31-41(38-26-29-47-44-20-14-17-23-50(44)56(9-3,10-4)53(47)35-38)33-42(32-40)39-27-30-48-45-21-15-18-24-51(45)57(11-5,12-6)54(48)36-39/h13-36H,7-12H2,1-6H3. The molecule has 0 aliphatic heterocycles. The zero-order valence-corrected chi connectivity index (χ0v) is 34.6. The summed E-state index contributed by atoms with van der Waals surface area (Å²) in [7, 11) is 0. The van der Waals surface area contributed by atoms with Gasteiger partial charge in [0.1, 0.15) is 0 Å². The van der Waals surface area contributed by atoms with E-state index in [9.17, 15) is 0 Å². The second-order valence-corrected chi connectivity index (χ2v) is 17.1. The number of rotatable bonds is 9. The maximum Gasteiger partial charge on any atom is 0.0210 e. The lowest BCUT2D eigenvalue weighted by molar-refractivity contribution is 0.490. The van der Waals surface area contributed by atoms with E-state index >= 15 is 0 Å². The molecule has 0 saturated carbocycles. The van der Waals surface area contributed by atoms with E-state index < -0.39 is 0 Å².